The van der Waals surface area contributed by atoms with Crippen molar-refractivity contribution in [3.8, 4) is 11.4 Å². The first kappa shape index (κ1) is 9.45. The van der Waals surface area contributed by atoms with Gasteiger partial charge in [-0.2, -0.15) is 0 Å². The van der Waals surface area contributed by atoms with Crippen LogP contribution in [0.4, 0.5) is 0 Å². The Labute approximate surface area is 87.1 Å². The van der Waals surface area contributed by atoms with Crippen LogP contribution in [0, 0.1) is 6.92 Å². The first-order chi connectivity index (χ1) is 7.16. The molecule has 0 atom stereocenters. The molecule has 0 aliphatic heterocycles. The second kappa shape index (κ2) is 3.57. The van der Waals surface area contributed by atoms with Crippen LogP contribution in [0.15, 0.2) is 30.5 Å². The van der Waals surface area contributed by atoms with Crippen molar-refractivity contribution in [2.75, 3.05) is 0 Å². The zero-order chi connectivity index (χ0) is 10.8. The van der Waals surface area contributed by atoms with Crippen LogP contribution in [-0.2, 0) is 0 Å². The molecule has 0 aliphatic rings. The minimum Gasteiger partial charge on any atom is -0.364 e. The van der Waals surface area contributed by atoms with Gasteiger partial charge in [0, 0.05) is 5.56 Å². The zero-order valence-corrected chi connectivity index (χ0v) is 8.32. The summed E-state index contributed by atoms with van der Waals surface area (Å²) >= 11 is 0. The molecule has 4 heteroatoms. The van der Waals surface area contributed by atoms with E-state index in [1.165, 1.54) is 11.8 Å². The Morgan fingerprint density at radius 1 is 1.33 bits per heavy atom. The van der Waals surface area contributed by atoms with E-state index in [4.69, 9.17) is 5.73 Å². The van der Waals surface area contributed by atoms with Crippen LogP contribution in [0.1, 0.15) is 16.1 Å². The molecule has 0 radical (unpaired) electrons. The fraction of sp³-hybridized carbons (Fsp3) is 0.0909. The quantitative estimate of drug-likeness (QED) is 0.772. The third kappa shape index (κ3) is 1.88. The zero-order valence-electron chi connectivity index (χ0n) is 8.32. The summed E-state index contributed by atoms with van der Waals surface area (Å²) in [6, 6.07) is 7.86. The molecule has 0 bridgehead atoms. The molecule has 4 nitrogen and oxygen atoms in total. The predicted molar refractivity (Wildman–Crippen MR) is 57.3 cm³/mol. The number of nitrogens with zero attached hydrogens (tertiary/aromatic N) is 1. The Hall–Kier alpha value is -2.10. The number of benzene rings is 1. The smallest absolute Gasteiger partial charge is 0.266 e. The van der Waals surface area contributed by atoms with Gasteiger partial charge in [-0.05, 0) is 6.92 Å². The van der Waals surface area contributed by atoms with Crippen LogP contribution in [0.3, 0.4) is 0 Å². The number of carbonyl (C=O) groups excluding carboxylic acids is 1. The molecule has 0 spiro atoms. The lowest BCUT2D eigenvalue weighted by Crippen LogP contribution is -2.10. The number of hydrogen-bond donors (Lipinski definition) is 2. The highest BCUT2D eigenvalue weighted by Gasteiger charge is 2.06. The van der Waals surface area contributed by atoms with Gasteiger partial charge >= 0.3 is 0 Å². The standard InChI is InChI=1S/C11H11N3O/c1-7-2-4-8(5-3-7)11-13-6-9(14-11)10(12)15/h2-6H,1H3,(H2,12,15)(H,13,14). The summed E-state index contributed by atoms with van der Waals surface area (Å²) in [5.74, 6) is 0.157. The number of aromatic nitrogens is 2. The largest absolute Gasteiger partial charge is 0.364 e. The number of amides is 1. The van der Waals surface area contributed by atoms with Gasteiger partial charge in [-0.25, -0.2) is 4.98 Å². The summed E-state index contributed by atoms with van der Waals surface area (Å²) in [6.45, 7) is 2.01. The molecule has 0 saturated carbocycles. The summed E-state index contributed by atoms with van der Waals surface area (Å²) in [5.41, 5.74) is 7.56. The van der Waals surface area contributed by atoms with Gasteiger partial charge in [0.05, 0.1) is 6.20 Å². The van der Waals surface area contributed by atoms with Gasteiger partial charge in [-0.1, -0.05) is 29.8 Å². The Balaban J connectivity index is 2.37. The van der Waals surface area contributed by atoms with Gasteiger partial charge in [-0.15, -0.1) is 0 Å². The summed E-state index contributed by atoms with van der Waals surface area (Å²) < 4.78 is 0. The second-order valence-electron chi connectivity index (χ2n) is 3.38. The minimum atomic E-state index is -0.499. The maximum Gasteiger partial charge on any atom is 0.266 e. The molecule has 1 heterocycles. The number of H-pyrrole nitrogens is 1. The van der Waals surface area contributed by atoms with E-state index >= 15 is 0 Å². The van der Waals surface area contributed by atoms with Crippen molar-refractivity contribution in [1.29, 1.82) is 0 Å². The molecular weight excluding hydrogens is 190 g/mol. The van der Waals surface area contributed by atoms with Gasteiger partial charge in [-0.3, -0.25) is 4.79 Å². The van der Waals surface area contributed by atoms with E-state index in [0.717, 1.165) is 5.56 Å². The molecule has 15 heavy (non-hydrogen) atoms. The maximum absolute atomic E-state index is 10.9. The molecule has 76 valence electrons. The van der Waals surface area contributed by atoms with E-state index in [-0.39, 0.29) is 0 Å². The van der Waals surface area contributed by atoms with Gasteiger partial charge in [0.2, 0.25) is 0 Å². The molecule has 1 aromatic carbocycles. The summed E-state index contributed by atoms with van der Waals surface area (Å²) in [6.07, 6.45) is 1.44. The number of aryl methyl sites for hydroxylation is 1. The number of carbonyl (C=O) groups is 1. The number of imidazole rings is 1. The van der Waals surface area contributed by atoms with Crippen LogP contribution >= 0.6 is 0 Å². The summed E-state index contributed by atoms with van der Waals surface area (Å²) in [4.78, 5) is 17.8. The Kier molecular flexibility index (Phi) is 2.25. The average molecular weight is 201 g/mol. The number of primary amides is 1. The lowest BCUT2D eigenvalue weighted by molar-refractivity contribution is 0.0996. The maximum atomic E-state index is 10.9. The van der Waals surface area contributed by atoms with Crippen molar-refractivity contribution in [1.82, 2.24) is 9.97 Å². The highest BCUT2D eigenvalue weighted by molar-refractivity contribution is 5.91. The van der Waals surface area contributed by atoms with Gasteiger partial charge < -0.3 is 10.7 Å². The number of aromatic amines is 1. The molecule has 2 aromatic rings. The van der Waals surface area contributed by atoms with E-state index < -0.39 is 5.91 Å². The third-order valence-corrected chi connectivity index (χ3v) is 2.17. The minimum absolute atomic E-state index is 0.325. The molecule has 0 fully saturated rings. The molecule has 0 aliphatic carbocycles. The topological polar surface area (TPSA) is 71.8 Å². The van der Waals surface area contributed by atoms with E-state index in [1.54, 1.807) is 0 Å². The fourth-order valence-electron chi connectivity index (χ4n) is 1.30. The van der Waals surface area contributed by atoms with Crippen molar-refractivity contribution >= 4 is 5.91 Å². The first-order valence-electron chi connectivity index (χ1n) is 4.58. The third-order valence-electron chi connectivity index (χ3n) is 2.17. The molecule has 0 unspecified atom stereocenters. The number of rotatable bonds is 2. The Bertz CT molecular complexity index is 485. The fourth-order valence-corrected chi connectivity index (χ4v) is 1.30. The van der Waals surface area contributed by atoms with Crippen LogP contribution in [0.5, 0.6) is 0 Å². The molecule has 3 N–H and O–H groups in total. The molecule has 2 rings (SSSR count). The SMILES string of the molecule is Cc1ccc(-c2ncc(C(N)=O)[nH]2)cc1. The van der Waals surface area contributed by atoms with Crippen molar-refractivity contribution < 1.29 is 4.79 Å². The number of hydrogen-bond acceptors (Lipinski definition) is 2. The van der Waals surface area contributed by atoms with Crippen molar-refractivity contribution in [2.24, 2.45) is 5.73 Å². The van der Waals surface area contributed by atoms with Crippen LogP contribution < -0.4 is 5.73 Å². The van der Waals surface area contributed by atoms with E-state index in [2.05, 4.69) is 9.97 Å². The second-order valence-corrected chi connectivity index (χ2v) is 3.38. The van der Waals surface area contributed by atoms with E-state index in [9.17, 15) is 4.79 Å². The van der Waals surface area contributed by atoms with E-state index in [1.807, 2.05) is 31.2 Å². The highest BCUT2D eigenvalue weighted by Crippen LogP contribution is 2.15. The van der Waals surface area contributed by atoms with Crippen LogP contribution in [-0.4, -0.2) is 15.9 Å². The predicted octanol–water partition coefficient (Wildman–Crippen LogP) is 1.48. The van der Waals surface area contributed by atoms with Gasteiger partial charge in [0.15, 0.2) is 0 Å². The average Bonchev–Trinajstić information content (AvgIpc) is 2.68. The van der Waals surface area contributed by atoms with Crippen LogP contribution in [0.25, 0.3) is 11.4 Å². The molecule has 1 amide bonds. The van der Waals surface area contributed by atoms with Crippen molar-refractivity contribution in [2.45, 2.75) is 6.92 Å². The van der Waals surface area contributed by atoms with Crippen molar-refractivity contribution in [3.05, 3.63) is 41.7 Å². The van der Waals surface area contributed by atoms with Gasteiger partial charge in [0.25, 0.3) is 5.91 Å². The summed E-state index contributed by atoms with van der Waals surface area (Å²) in [5, 5.41) is 0. The lowest BCUT2D eigenvalue weighted by Gasteiger charge is -1.96. The molecular formula is C11H11N3O. The Morgan fingerprint density at radius 2 is 2.00 bits per heavy atom. The summed E-state index contributed by atoms with van der Waals surface area (Å²) in [7, 11) is 0. The Morgan fingerprint density at radius 3 is 2.53 bits per heavy atom. The number of nitrogens with one attached hydrogen (secondary N) is 1. The van der Waals surface area contributed by atoms with E-state index in [0.29, 0.717) is 11.5 Å². The molecule has 0 saturated heterocycles. The number of nitrogens with two attached hydrogens (primary N) is 1. The highest BCUT2D eigenvalue weighted by atomic mass is 16.1. The lowest BCUT2D eigenvalue weighted by atomic mass is 10.1. The van der Waals surface area contributed by atoms with Crippen LogP contribution in [0.2, 0.25) is 0 Å². The first-order valence-corrected chi connectivity index (χ1v) is 4.58. The monoisotopic (exact) mass is 201 g/mol. The van der Waals surface area contributed by atoms with Crippen molar-refractivity contribution in [3.63, 3.8) is 0 Å². The van der Waals surface area contributed by atoms with Gasteiger partial charge in [0.1, 0.15) is 11.5 Å². The molecule has 1 aromatic heterocycles. The normalized spacial score (nSPS) is 10.2.